The fourth-order valence-electron chi connectivity index (χ4n) is 4.00. The summed E-state index contributed by atoms with van der Waals surface area (Å²) < 4.78 is 6.01. The number of hydrogen-bond acceptors (Lipinski definition) is 2. The first-order chi connectivity index (χ1) is 15.2. The molecule has 0 fully saturated rings. The highest BCUT2D eigenvalue weighted by molar-refractivity contribution is 5.91. The third-order valence-electron chi connectivity index (χ3n) is 5.84. The van der Waals surface area contributed by atoms with E-state index < -0.39 is 0 Å². The van der Waals surface area contributed by atoms with Gasteiger partial charge >= 0.3 is 0 Å². The maximum Gasteiger partial charge on any atom is 0.119 e. The van der Waals surface area contributed by atoms with E-state index in [0.29, 0.717) is 0 Å². The monoisotopic (exact) mass is 413 g/mol. The summed E-state index contributed by atoms with van der Waals surface area (Å²) in [5.41, 5.74) is 6.68. The number of hydrogen-bond donors (Lipinski definition) is 0. The third-order valence-corrected chi connectivity index (χ3v) is 5.84. The van der Waals surface area contributed by atoms with Crippen LogP contribution in [0.2, 0.25) is 0 Å². The van der Waals surface area contributed by atoms with Gasteiger partial charge in [0.25, 0.3) is 0 Å². The second kappa shape index (κ2) is 12.1. The van der Waals surface area contributed by atoms with Gasteiger partial charge in [0.1, 0.15) is 12.4 Å². The Morgan fingerprint density at radius 3 is 1.84 bits per heavy atom. The summed E-state index contributed by atoms with van der Waals surface area (Å²) in [6, 6.07) is 30.1. The molecule has 0 aromatic heterocycles. The molecule has 0 aliphatic rings. The molecule has 0 bridgehead atoms. The van der Waals surface area contributed by atoms with Crippen molar-refractivity contribution in [3.8, 4) is 5.75 Å². The van der Waals surface area contributed by atoms with Crippen molar-refractivity contribution in [1.82, 2.24) is 4.90 Å². The lowest BCUT2D eigenvalue weighted by Crippen LogP contribution is -2.27. The molecule has 0 radical (unpaired) electrons. The van der Waals surface area contributed by atoms with E-state index in [1.807, 2.05) is 0 Å². The van der Waals surface area contributed by atoms with Crippen LogP contribution in [0.4, 0.5) is 0 Å². The largest absolute Gasteiger partial charge is 0.492 e. The molecule has 0 aliphatic carbocycles. The molecular formula is C29H35NO. The Morgan fingerprint density at radius 1 is 0.677 bits per heavy atom. The lowest BCUT2D eigenvalue weighted by molar-refractivity contribution is 0.223. The molecule has 0 atom stereocenters. The summed E-state index contributed by atoms with van der Waals surface area (Å²) in [7, 11) is 0. The standard InChI is InChI=1S/C29H35NO/c1-4-28(25-15-11-8-12-16-25)29(23-24-13-9-7-10-14-24)26-17-19-27(20-18-26)31-22-21-30(5-2)6-3/h7-20H,4-6,21-23H2,1-3H3. The molecule has 0 saturated heterocycles. The van der Waals surface area contributed by atoms with E-state index in [9.17, 15) is 0 Å². The van der Waals surface area contributed by atoms with Gasteiger partial charge in [-0.15, -0.1) is 0 Å². The van der Waals surface area contributed by atoms with Crippen LogP contribution in [-0.2, 0) is 6.42 Å². The quantitative estimate of drug-likeness (QED) is 0.315. The lowest BCUT2D eigenvalue weighted by Gasteiger charge is -2.19. The van der Waals surface area contributed by atoms with Crippen LogP contribution in [0, 0.1) is 0 Å². The maximum absolute atomic E-state index is 6.01. The molecule has 0 heterocycles. The van der Waals surface area contributed by atoms with E-state index in [1.165, 1.54) is 27.8 Å². The molecule has 0 N–H and O–H groups in total. The first kappa shape index (κ1) is 22.8. The van der Waals surface area contributed by atoms with E-state index in [0.717, 1.165) is 44.8 Å². The van der Waals surface area contributed by atoms with Crippen molar-refractivity contribution < 1.29 is 4.74 Å². The van der Waals surface area contributed by atoms with E-state index >= 15 is 0 Å². The van der Waals surface area contributed by atoms with Gasteiger partial charge in [-0.05, 0) is 65.9 Å². The molecule has 0 unspecified atom stereocenters. The van der Waals surface area contributed by atoms with Gasteiger partial charge in [-0.3, -0.25) is 0 Å². The zero-order valence-corrected chi connectivity index (χ0v) is 19.2. The van der Waals surface area contributed by atoms with Gasteiger partial charge in [-0.1, -0.05) is 93.6 Å². The summed E-state index contributed by atoms with van der Waals surface area (Å²) in [6.07, 6.45) is 1.91. The average Bonchev–Trinajstić information content (AvgIpc) is 2.83. The van der Waals surface area contributed by atoms with E-state index in [1.54, 1.807) is 0 Å². The minimum atomic E-state index is 0.720. The van der Waals surface area contributed by atoms with Gasteiger partial charge in [-0.25, -0.2) is 0 Å². The number of likely N-dealkylation sites (N-methyl/N-ethyl adjacent to an activating group) is 1. The Morgan fingerprint density at radius 2 is 1.26 bits per heavy atom. The van der Waals surface area contributed by atoms with Gasteiger partial charge in [0.15, 0.2) is 0 Å². The van der Waals surface area contributed by atoms with E-state index in [-0.39, 0.29) is 0 Å². The van der Waals surface area contributed by atoms with Gasteiger partial charge < -0.3 is 9.64 Å². The highest BCUT2D eigenvalue weighted by atomic mass is 16.5. The predicted octanol–water partition coefficient (Wildman–Crippen LogP) is 6.97. The van der Waals surface area contributed by atoms with Crippen LogP contribution < -0.4 is 4.74 Å². The fraction of sp³-hybridized carbons (Fsp3) is 0.310. The number of ether oxygens (including phenoxy) is 1. The number of nitrogens with zero attached hydrogens (tertiary/aromatic N) is 1. The summed E-state index contributed by atoms with van der Waals surface area (Å²) >= 11 is 0. The fourth-order valence-corrected chi connectivity index (χ4v) is 4.00. The molecule has 0 saturated carbocycles. The predicted molar refractivity (Wildman–Crippen MR) is 133 cm³/mol. The Kier molecular flexibility index (Phi) is 8.93. The summed E-state index contributed by atoms with van der Waals surface area (Å²) in [5, 5.41) is 0. The first-order valence-corrected chi connectivity index (χ1v) is 11.5. The van der Waals surface area contributed by atoms with Gasteiger partial charge in [0.2, 0.25) is 0 Å². The lowest BCUT2D eigenvalue weighted by atomic mass is 9.89. The summed E-state index contributed by atoms with van der Waals surface area (Å²) in [5.74, 6) is 0.938. The summed E-state index contributed by atoms with van der Waals surface area (Å²) in [6.45, 7) is 10.4. The molecular weight excluding hydrogens is 378 g/mol. The molecule has 31 heavy (non-hydrogen) atoms. The Labute approximate surface area is 188 Å². The van der Waals surface area contributed by atoms with Crippen LogP contribution >= 0.6 is 0 Å². The highest BCUT2D eigenvalue weighted by Gasteiger charge is 2.12. The Balaban J connectivity index is 1.86. The maximum atomic E-state index is 6.01. The Hall–Kier alpha value is -2.84. The van der Waals surface area contributed by atoms with Crippen molar-refractivity contribution in [1.29, 1.82) is 0 Å². The van der Waals surface area contributed by atoms with Gasteiger partial charge in [-0.2, -0.15) is 0 Å². The highest BCUT2D eigenvalue weighted by Crippen LogP contribution is 2.32. The number of allylic oxidation sites excluding steroid dienone is 2. The number of rotatable bonds is 11. The van der Waals surface area contributed by atoms with Crippen molar-refractivity contribution in [3.63, 3.8) is 0 Å². The second-order valence-electron chi connectivity index (χ2n) is 7.74. The zero-order valence-electron chi connectivity index (χ0n) is 19.2. The molecule has 162 valence electrons. The Bertz CT molecular complexity index is 925. The van der Waals surface area contributed by atoms with Crippen molar-refractivity contribution in [2.75, 3.05) is 26.2 Å². The molecule has 0 spiro atoms. The van der Waals surface area contributed by atoms with E-state index in [4.69, 9.17) is 4.74 Å². The normalized spacial score (nSPS) is 12.0. The molecule has 3 rings (SSSR count). The molecule has 3 aromatic carbocycles. The summed E-state index contributed by atoms with van der Waals surface area (Å²) in [4.78, 5) is 2.38. The molecule has 2 heteroatoms. The smallest absolute Gasteiger partial charge is 0.119 e. The van der Waals surface area contributed by atoms with Crippen LogP contribution in [0.1, 0.15) is 43.9 Å². The van der Waals surface area contributed by atoms with Crippen molar-refractivity contribution in [2.24, 2.45) is 0 Å². The number of benzene rings is 3. The van der Waals surface area contributed by atoms with Gasteiger partial charge in [0.05, 0.1) is 0 Å². The minimum Gasteiger partial charge on any atom is -0.492 e. The first-order valence-electron chi connectivity index (χ1n) is 11.5. The van der Waals surface area contributed by atoms with Crippen LogP contribution in [-0.4, -0.2) is 31.1 Å². The zero-order chi connectivity index (χ0) is 21.9. The van der Waals surface area contributed by atoms with Crippen LogP contribution in [0.5, 0.6) is 5.75 Å². The minimum absolute atomic E-state index is 0.720. The topological polar surface area (TPSA) is 12.5 Å². The SMILES string of the molecule is CCC(=C(Cc1ccccc1)c1ccc(OCCN(CC)CC)cc1)c1ccccc1. The van der Waals surface area contributed by atoms with Crippen LogP contribution in [0.25, 0.3) is 11.1 Å². The van der Waals surface area contributed by atoms with Crippen molar-refractivity contribution >= 4 is 11.1 Å². The van der Waals surface area contributed by atoms with E-state index in [2.05, 4.69) is 111 Å². The van der Waals surface area contributed by atoms with Crippen LogP contribution in [0.15, 0.2) is 84.9 Å². The second-order valence-corrected chi connectivity index (χ2v) is 7.74. The molecule has 3 aromatic rings. The molecule has 2 nitrogen and oxygen atoms in total. The molecule has 0 aliphatic heterocycles. The third kappa shape index (κ3) is 6.57. The molecule has 0 amide bonds. The van der Waals surface area contributed by atoms with Gasteiger partial charge in [0, 0.05) is 6.54 Å². The van der Waals surface area contributed by atoms with Crippen molar-refractivity contribution in [3.05, 3.63) is 102 Å². The van der Waals surface area contributed by atoms with Crippen LogP contribution in [0.3, 0.4) is 0 Å². The van der Waals surface area contributed by atoms with Crippen molar-refractivity contribution in [2.45, 2.75) is 33.6 Å². The average molecular weight is 414 g/mol.